The van der Waals surface area contributed by atoms with Crippen molar-refractivity contribution in [2.75, 3.05) is 13.2 Å². The zero-order chi connectivity index (χ0) is 17.2. The Balaban J connectivity index is 1.40. The lowest BCUT2D eigenvalue weighted by Crippen LogP contribution is -2.42. The number of ether oxygens (including phenoxy) is 2. The minimum atomic E-state index is -0.660. The number of para-hydroxylation sites is 3. The predicted octanol–water partition coefficient (Wildman–Crippen LogP) is 2.31. The van der Waals surface area contributed by atoms with Crippen molar-refractivity contribution in [2.24, 2.45) is 0 Å². The van der Waals surface area contributed by atoms with Gasteiger partial charge in [0, 0.05) is 17.1 Å². The number of amides is 1. The first kappa shape index (κ1) is 15.3. The molecule has 1 unspecified atom stereocenters. The summed E-state index contributed by atoms with van der Waals surface area (Å²) in [6.07, 6.45) is 1.22. The lowest BCUT2D eigenvalue weighted by atomic mass is 10.1. The second-order valence-corrected chi connectivity index (χ2v) is 5.78. The minimum absolute atomic E-state index is 0.196. The van der Waals surface area contributed by atoms with Gasteiger partial charge in [-0.1, -0.05) is 30.3 Å². The molecule has 25 heavy (non-hydrogen) atoms. The molecule has 2 heterocycles. The molecular formula is C19H16N2O4. The Morgan fingerprint density at radius 1 is 1.08 bits per heavy atom. The van der Waals surface area contributed by atoms with Gasteiger partial charge < -0.3 is 19.8 Å². The molecule has 0 spiro atoms. The average molecular weight is 336 g/mol. The number of benzene rings is 2. The Morgan fingerprint density at radius 2 is 1.84 bits per heavy atom. The molecule has 3 aromatic rings. The second kappa shape index (κ2) is 6.32. The number of fused-ring (bicyclic) bond motifs is 2. The van der Waals surface area contributed by atoms with Gasteiger partial charge in [0.2, 0.25) is 0 Å². The largest absolute Gasteiger partial charge is 0.486 e. The van der Waals surface area contributed by atoms with E-state index < -0.39 is 11.7 Å². The van der Waals surface area contributed by atoms with Crippen LogP contribution in [0.3, 0.4) is 0 Å². The predicted molar refractivity (Wildman–Crippen MR) is 92.0 cm³/mol. The molecule has 0 bridgehead atoms. The summed E-state index contributed by atoms with van der Waals surface area (Å²) in [6.45, 7) is 0.514. The third-order valence-electron chi connectivity index (χ3n) is 4.10. The average Bonchev–Trinajstić information content (AvgIpc) is 3.09. The molecule has 2 aromatic carbocycles. The SMILES string of the molecule is O=C(NCC1COc2ccccc2O1)C(=O)c1c[nH]c2ccccc12. The molecule has 1 aliphatic heterocycles. The quantitative estimate of drug-likeness (QED) is 0.566. The Morgan fingerprint density at radius 3 is 2.72 bits per heavy atom. The summed E-state index contributed by atoms with van der Waals surface area (Å²) < 4.78 is 11.4. The Labute approximate surface area is 143 Å². The maximum Gasteiger partial charge on any atom is 0.292 e. The number of hydrogen-bond acceptors (Lipinski definition) is 4. The van der Waals surface area contributed by atoms with E-state index in [4.69, 9.17) is 9.47 Å². The van der Waals surface area contributed by atoms with Crippen molar-refractivity contribution in [1.82, 2.24) is 10.3 Å². The highest BCUT2D eigenvalue weighted by atomic mass is 16.6. The van der Waals surface area contributed by atoms with E-state index in [-0.39, 0.29) is 12.6 Å². The summed E-state index contributed by atoms with van der Waals surface area (Å²) >= 11 is 0. The van der Waals surface area contributed by atoms with Crippen LogP contribution in [0, 0.1) is 0 Å². The van der Waals surface area contributed by atoms with Crippen molar-refractivity contribution in [1.29, 1.82) is 0 Å². The number of Topliss-reactive ketones (excluding diaryl/α,β-unsaturated/α-hetero) is 1. The molecule has 0 aliphatic carbocycles. The van der Waals surface area contributed by atoms with Crippen LogP contribution in [-0.2, 0) is 4.79 Å². The van der Waals surface area contributed by atoms with Crippen LogP contribution in [0.25, 0.3) is 10.9 Å². The van der Waals surface area contributed by atoms with Gasteiger partial charge in [0.1, 0.15) is 12.7 Å². The van der Waals surface area contributed by atoms with Crippen molar-refractivity contribution in [3.8, 4) is 11.5 Å². The first-order valence-electron chi connectivity index (χ1n) is 7.99. The molecule has 0 saturated carbocycles. The summed E-state index contributed by atoms with van der Waals surface area (Å²) in [6, 6.07) is 14.7. The van der Waals surface area contributed by atoms with Gasteiger partial charge in [-0.15, -0.1) is 0 Å². The van der Waals surface area contributed by atoms with E-state index in [1.54, 1.807) is 18.3 Å². The number of carbonyl (C=O) groups is 2. The summed E-state index contributed by atoms with van der Waals surface area (Å²) in [4.78, 5) is 27.6. The maximum atomic E-state index is 12.4. The fourth-order valence-corrected chi connectivity index (χ4v) is 2.83. The number of aromatic nitrogens is 1. The normalized spacial score (nSPS) is 15.8. The fourth-order valence-electron chi connectivity index (χ4n) is 2.83. The molecule has 1 amide bonds. The van der Waals surface area contributed by atoms with Crippen LogP contribution in [0.1, 0.15) is 10.4 Å². The molecule has 0 fully saturated rings. The number of aromatic amines is 1. The highest BCUT2D eigenvalue weighted by molar-refractivity contribution is 6.44. The van der Waals surface area contributed by atoms with Crippen molar-refractivity contribution in [2.45, 2.75) is 6.10 Å². The van der Waals surface area contributed by atoms with Crippen molar-refractivity contribution in [3.63, 3.8) is 0 Å². The van der Waals surface area contributed by atoms with Gasteiger partial charge in [-0.25, -0.2) is 0 Å². The van der Waals surface area contributed by atoms with Crippen molar-refractivity contribution < 1.29 is 19.1 Å². The molecule has 1 atom stereocenters. The van der Waals surface area contributed by atoms with Crippen LogP contribution in [0.2, 0.25) is 0 Å². The molecule has 0 radical (unpaired) electrons. The summed E-state index contributed by atoms with van der Waals surface area (Å²) in [7, 11) is 0. The molecule has 0 saturated heterocycles. The zero-order valence-corrected chi connectivity index (χ0v) is 13.3. The van der Waals surface area contributed by atoms with E-state index in [1.165, 1.54) is 0 Å². The highest BCUT2D eigenvalue weighted by Gasteiger charge is 2.24. The lowest BCUT2D eigenvalue weighted by molar-refractivity contribution is -0.117. The third-order valence-corrected chi connectivity index (χ3v) is 4.10. The number of hydrogen-bond donors (Lipinski definition) is 2. The van der Waals surface area contributed by atoms with E-state index in [1.807, 2.05) is 36.4 Å². The molecule has 6 heteroatoms. The first-order valence-corrected chi connectivity index (χ1v) is 7.99. The van der Waals surface area contributed by atoms with E-state index >= 15 is 0 Å². The Hall–Kier alpha value is -3.28. The van der Waals surface area contributed by atoms with Crippen LogP contribution in [0.4, 0.5) is 0 Å². The van der Waals surface area contributed by atoms with Gasteiger partial charge in [0.25, 0.3) is 11.7 Å². The molecule has 126 valence electrons. The van der Waals surface area contributed by atoms with Crippen LogP contribution in [-0.4, -0.2) is 35.9 Å². The number of rotatable bonds is 4. The molecular weight excluding hydrogens is 320 g/mol. The van der Waals surface area contributed by atoms with Gasteiger partial charge in [-0.2, -0.15) is 0 Å². The number of nitrogens with one attached hydrogen (secondary N) is 2. The van der Waals surface area contributed by atoms with E-state index in [0.717, 1.165) is 10.9 Å². The second-order valence-electron chi connectivity index (χ2n) is 5.78. The van der Waals surface area contributed by atoms with Crippen LogP contribution in [0.15, 0.2) is 54.7 Å². The van der Waals surface area contributed by atoms with Crippen molar-refractivity contribution >= 4 is 22.6 Å². The summed E-state index contributed by atoms with van der Waals surface area (Å²) in [5, 5.41) is 3.36. The van der Waals surface area contributed by atoms with Crippen LogP contribution < -0.4 is 14.8 Å². The molecule has 4 rings (SSSR count). The van der Waals surface area contributed by atoms with Gasteiger partial charge >= 0.3 is 0 Å². The van der Waals surface area contributed by atoms with E-state index in [2.05, 4.69) is 10.3 Å². The highest BCUT2D eigenvalue weighted by Crippen LogP contribution is 2.30. The first-order chi connectivity index (χ1) is 12.2. The summed E-state index contributed by atoms with van der Waals surface area (Å²) in [5.41, 5.74) is 1.18. The Bertz CT molecular complexity index is 947. The van der Waals surface area contributed by atoms with Gasteiger partial charge in [0.15, 0.2) is 11.5 Å². The Kier molecular flexibility index (Phi) is 3.85. The number of H-pyrrole nitrogens is 1. The van der Waals surface area contributed by atoms with Gasteiger partial charge in [0.05, 0.1) is 12.1 Å². The lowest BCUT2D eigenvalue weighted by Gasteiger charge is -2.26. The standard InChI is InChI=1S/C19H16N2O4/c22-18(14-10-20-15-6-2-1-5-13(14)15)19(23)21-9-12-11-24-16-7-3-4-8-17(16)25-12/h1-8,10,12,20H,9,11H2,(H,21,23). The van der Waals surface area contributed by atoms with Gasteiger partial charge in [-0.3, -0.25) is 9.59 Å². The molecule has 1 aliphatic rings. The fraction of sp³-hybridized carbons (Fsp3) is 0.158. The van der Waals surface area contributed by atoms with Crippen LogP contribution in [0.5, 0.6) is 11.5 Å². The number of carbonyl (C=O) groups excluding carboxylic acids is 2. The molecule has 6 nitrogen and oxygen atoms in total. The van der Waals surface area contributed by atoms with E-state index in [0.29, 0.717) is 23.7 Å². The van der Waals surface area contributed by atoms with Crippen LogP contribution >= 0.6 is 0 Å². The third kappa shape index (κ3) is 2.94. The van der Waals surface area contributed by atoms with Crippen molar-refractivity contribution in [3.05, 3.63) is 60.3 Å². The van der Waals surface area contributed by atoms with Gasteiger partial charge in [-0.05, 0) is 18.2 Å². The zero-order valence-electron chi connectivity index (χ0n) is 13.3. The number of ketones is 1. The smallest absolute Gasteiger partial charge is 0.292 e. The molecule has 2 N–H and O–H groups in total. The monoisotopic (exact) mass is 336 g/mol. The van der Waals surface area contributed by atoms with E-state index in [9.17, 15) is 9.59 Å². The molecule has 1 aromatic heterocycles. The minimum Gasteiger partial charge on any atom is -0.486 e. The summed E-state index contributed by atoms with van der Waals surface area (Å²) in [5.74, 6) is 0.0812. The maximum absolute atomic E-state index is 12.4. The topological polar surface area (TPSA) is 80.4 Å².